The molecular formula is C11H10F7NO2. The molecule has 21 heavy (non-hydrogen) atoms. The first-order valence-electron chi connectivity index (χ1n) is 5.41. The Morgan fingerprint density at radius 1 is 1.05 bits per heavy atom. The van der Waals surface area contributed by atoms with Gasteiger partial charge in [-0.1, -0.05) is 18.2 Å². The van der Waals surface area contributed by atoms with Crippen molar-refractivity contribution < 1.29 is 40.6 Å². The van der Waals surface area contributed by atoms with Crippen LogP contribution in [-0.4, -0.2) is 29.9 Å². The number of rotatable bonds is 5. The van der Waals surface area contributed by atoms with Crippen LogP contribution in [0.5, 0.6) is 5.75 Å². The van der Waals surface area contributed by atoms with Crippen molar-refractivity contribution >= 4 is 0 Å². The molecule has 0 aliphatic rings. The quantitative estimate of drug-likeness (QED) is 0.820. The minimum Gasteiger partial charge on any atom is -0.428 e. The second-order valence-electron chi connectivity index (χ2n) is 4.01. The molecule has 0 heterocycles. The molecule has 0 spiro atoms. The van der Waals surface area contributed by atoms with Crippen LogP contribution in [0.2, 0.25) is 0 Å². The minimum atomic E-state index is -5.11. The van der Waals surface area contributed by atoms with Crippen LogP contribution in [0.4, 0.5) is 30.7 Å². The van der Waals surface area contributed by atoms with Gasteiger partial charge in [0.25, 0.3) is 0 Å². The molecule has 0 fully saturated rings. The molecule has 0 bridgehead atoms. The van der Waals surface area contributed by atoms with Crippen molar-refractivity contribution in [3.63, 3.8) is 0 Å². The van der Waals surface area contributed by atoms with Gasteiger partial charge in [0, 0.05) is 5.56 Å². The molecule has 3 N–H and O–H groups in total. The number of aliphatic hydroxyl groups excluding tert-OH is 1. The largest absolute Gasteiger partial charge is 0.461 e. The van der Waals surface area contributed by atoms with Gasteiger partial charge in [0.15, 0.2) is 6.10 Å². The average Bonchev–Trinajstić information content (AvgIpc) is 2.36. The summed E-state index contributed by atoms with van der Waals surface area (Å²) < 4.78 is 90.5. The highest BCUT2D eigenvalue weighted by molar-refractivity contribution is 5.37. The maximum atomic E-state index is 12.8. The molecule has 0 aromatic heterocycles. The number of halogens is 7. The predicted octanol–water partition coefficient (Wildman–Crippen LogP) is 2.85. The van der Waals surface area contributed by atoms with E-state index in [4.69, 9.17) is 10.8 Å². The Balaban J connectivity index is 3.10. The number of benzene rings is 1. The van der Waals surface area contributed by atoms with E-state index in [0.29, 0.717) is 0 Å². The van der Waals surface area contributed by atoms with Crippen molar-refractivity contribution in [2.45, 2.75) is 30.9 Å². The molecule has 0 amide bonds. The highest BCUT2D eigenvalue weighted by Crippen LogP contribution is 2.36. The first kappa shape index (κ1) is 17.5. The standard InChI is InChI=1S/C11H10F7NO2/c12-9(13)11(17,18)21-6-4-2-1-3-5(6)7(19)8(20)10(14,15)16/h1-4,7-9,20H,19H2/t7-,8-/m1/s1. The first-order valence-corrected chi connectivity index (χ1v) is 5.41. The molecule has 0 aliphatic heterocycles. The maximum absolute atomic E-state index is 12.8. The summed E-state index contributed by atoms with van der Waals surface area (Å²) in [5.41, 5.74) is 4.46. The highest BCUT2D eigenvalue weighted by Gasteiger charge is 2.46. The number of ether oxygens (including phenoxy) is 1. The number of para-hydroxylation sites is 1. The van der Waals surface area contributed by atoms with Crippen molar-refractivity contribution in [1.29, 1.82) is 0 Å². The molecule has 0 unspecified atom stereocenters. The Morgan fingerprint density at radius 2 is 1.57 bits per heavy atom. The molecule has 1 aromatic rings. The van der Waals surface area contributed by atoms with Crippen LogP contribution in [-0.2, 0) is 0 Å². The Labute approximate surface area is 114 Å². The summed E-state index contributed by atoms with van der Waals surface area (Å²) in [7, 11) is 0. The van der Waals surface area contributed by atoms with Crippen molar-refractivity contribution in [3.8, 4) is 5.75 Å². The van der Waals surface area contributed by atoms with Gasteiger partial charge in [-0.2, -0.15) is 30.7 Å². The second-order valence-corrected chi connectivity index (χ2v) is 4.01. The van der Waals surface area contributed by atoms with Crippen LogP contribution < -0.4 is 10.5 Å². The van der Waals surface area contributed by atoms with Crippen molar-refractivity contribution in [1.82, 2.24) is 0 Å². The monoisotopic (exact) mass is 321 g/mol. The Kier molecular flexibility index (Phi) is 5.05. The number of aliphatic hydroxyl groups is 1. The van der Waals surface area contributed by atoms with Crippen LogP contribution in [0, 0.1) is 0 Å². The molecule has 1 rings (SSSR count). The molecule has 0 saturated carbocycles. The third-order valence-electron chi connectivity index (χ3n) is 2.45. The third kappa shape index (κ3) is 4.21. The van der Waals surface area contributed by atoms with E-state index in [1.165, 1.54) is 0 Å². The zero-order valence-electron chi connectivity index (χ0n) is 10.1. The van der Waals surface area contributed by atoms with Crippen LogP contribution in [0.25, 0.3) is 0 Å². The zero-order chi connectivity index (χ0) is 16.4. The summed E-state index contributed by atoms with van der Waals surface area (Å²) in [6.45, 7) is 0. The van der Waals surface area contributed by atoms with Crippen molar-refractivity contribution in [2.24, 2.45) is 5.73 Å². The number of alkyl halides is 7. The van der Waals surface area contributed by atoms with Crippen LogP contribution in [0.15, 0.2) is 24.3 Å². The molecule has 0 aliphatic carbocycles. The maximum Gasteiger partial charge on any atom is 0.461 e. The van der Waals surface area contributed by atoms with E-state index in [1.807, 2.05) is 0 Å². The number of hydrogen-bond acceptors (Lipinski definition) is 3. The van der Waals surface area contributed by atoms with Gasteiger partial charge in [0.2, 0.25) is 0 Å². The van der Waals surface area contributed by atoms with E-state index in [2.05, 4.69) is 4.74 Å². The average molecular weight is 321 g/mol. The van der Waals surface area contributed by atoms with E-state index in [1.54, 1.807) is 0 Å². The summed E-state index contributed by atoms with van der Waals surface area (Å²) in [6.07, 6.45) is -17.3. The molecule has 3 nitrogen and oxygen atoms in total. The van der Waals surface area contributed by atoms with E-state index < -0.39 is 42.2 Å². The smallest absolute Gasteiger partial charge is 0.428 e. The van der Waals surface area contributed by atoms with Crippen LogP contribution in [0.1, 0.15) is 11.6 Å². The van der Waals surface area contributed by atoms with Gasteiger partial charge < -0.3 is 15.6 Å². The van der Waals surface area contributed by atoms with E-state index in [0.717, 1.165) is 24.3 Å². The highest BCUT2D eigenvalue weighted by atomic mass is 19.4. The SMILES string of the molecule is N[C@H](c1ccccc1OC(F)(F)C(F)F)[C@@H](O)C(F)(F)F. The summed E-state index contributed by atoms with van der Waals surface area (Å²) in [4.78, 5) is 0. The van der Waals surface area contributed by atoms with Gasteiger partial charge in [-0.25, -0.2) is 0 Å². The predicted molar refractivity (Wildman–Crippen MR) is 57.0 cm³/mol. The lowest BCUT2D eigenvalue weighted by Crippen LogP contribution is -2.40. The molecule has 0 saturated heterocycles. The summed E-state index contributed by atoms with van der Waals surface area (Å²) in [5, 5.41) is 9.00. The number of hydrogen-bond donors (Lipinski definition) is 2. The lowest BCUT2D eigenvalue weighted by Gasteiger charge is -2.25. The van der Waals surface area contributed by atoms with Crippen LogP contribution >= 0.6 is 0 Å². The van der Waals surface area contributed by atoms with Crippen molar-refractivity contribution in [3.05, 3.63) is 29.8 Å². The zero-order valence-corrected chi connectivity index (χ0v) is 10.1. The van der Waals surface area contributed by atoms with Gasteiger partial charge in [0.1, 0.15) is 5.75 Å². The fourth-order valence-electron chi connectivity index (χ4n) is 1.41. The fraction of sp³-hybridized carbons (Fsp3) is 0.455. The van der Waals surface area contributed by atoms with Crippen molar-refractivity contribution in [2.75, 3.05) is 0 Å². The Morgan fingerprint density at radius 3 is 2.05 bits per heavy atom. The van der Waals surface area contributed by atoms with Gasteiger partial charge in [-0.15, -0.1) is 0 Å². The lowest BCUT2D eigenvalue weighted by molar-refractivity contribution is -0.253. The molecule has 2 atom stereocenters. The van der Waals surface area contributed by atoms with Gasteiger partial charge >= 0.3 is 18.7 Å². The lowest BCUT2D eigenvalue weighted by atomic mass is 10.0. The third-order valence-corrected chi connectivity index (χ3v) is 2.45. The van der Waals surface area contributed by atoms with E-state index in [9.17, 15) is 30.7 Å². The van der Waals surface area contributed by atoms with Gasteiger partial charge in [-0.05, 0) is 6.07 Å². The molecule has 0 radical (unpaired) electrons. The number of nitrogens with two attached hydrogens (primary N) is 1. The Hall–Kier alpha value is -1.55. The van der Waals surface area contributed by atoms with Crippen LogP contribution in [0.3, 0.4) is 0 Å². The molecule has 1 aromatic carbocycles. The minimum absolute atomic E-state index is 0.678. The molecule has 10 heteroatoms. The van der Waals surface area contributed by atoms with E-state index >= 15 is 0 Å². The molecule has 120 valence electrons. The summed E-state index contributed by atoms with van der Waals surface area (Å²) in [6, 6.07) is 1.64. The van der Waals surface area contributed by atoms with Gasteiger partial charge in [-0.3, -0.25) is 0 Å². The topological polar surface area (TPSA) is 55.5 Å². The fourth-order valence-corrected chi connectivity index (χ4v) is 1.41. The van der Waals surface area contributed by atoms with E-state index in [-0.39, 0.29) is 0 Å². The second kappa shape index (κ2) is 6.06. The van der Waals surface area contributed by atoms with Gasteiger partial charge in [0.05, 0.1) is 6.04 Å². The Bertz CT molecular complexity index is 478. The first-order chi connectivity index (χ1) is 9.47. The summed E-state index contributed by atoms with van der Waals surface area (Å²) in [5.74, 6) is -0.974. The molecular weight excluding hydrogens is 311 g/mol. The normalized spacial score (nSPS) is 15.9. The summed E-state index contributed by atoms with van der Waals surface area (Å²) >= 11 is 0.